The molecule has 0 amide bonds. The van der Waals surface area contributed by atoms with Crippen LogP contribution in [0.15, 0.2) is 24.3 Å². The summed E-state index contributed by atoms with van der Waals surface area (Å²) >= 11 is 0. The molecule has 2 rings (SSSR count). The van der Waals surface area contributed by atoms with Crippen LogP contribution in [0.1, 0.15) is 38.9 Å². The summed E-state index contributed by atoms with van der Waals surface area (Å²) in [6.45, 7) is 8.76. The van der Waals surface area contributed by atoms with Gasteiger partial charge < -0.3 is 10.0 Å². The predicted molar refractivity (Wildman–Crippen MR) is 72.2 cm³/mol. The van der Waals surface area contributed by atoms with E-state index >= 15 is 0 Å². The molecule has 1 aliphatic heterocycles. The molecule has 1 aliphatic rings. The Hall–Kier alpha value is -1.02. The number of aliphatic hydroxyl groups excluding tert-OH is 1. The smallest absolute Gasteiger partial charge is 0.0761 e. The lowest BCUT2D eigenvalue weighted by Crippen LogP contribution is -2.21. The van der Waals surface area contributed by atoms with Gasteiger partial charge in [-0.2, -0.15) is 0 Å². The molecule has 0 saturated carbocycles. The third-order valence-electron chi connectivity index (χ3n) is 3.91. The van der Waals surface area contributed by atoms with Crippen molar-refractivity contribution in [2.24, 2.45) is 11.8 Å². The number of hydrogen-bond donors (Lipinski definition) is 1. The first-order chi connectivity index (χ1) is 8.08. The molecular weight excluding hydrogens is 210 g/mol. The molecule has 0 radical (unpaired) electrons. The predicted octanol–water partition coefficient (Wildman–Crippen LogP) is 3.22. The molecule has 0 aromatic heterocycles. The third kappa shape index (κ3) is 2.81. The Balaban J connectivity index is 2.04. The fourth-order valence-electron chi connectivity index (χ4n) is 2.53. The molecule has 1 aromatic carbocycles. The van der Waals surface area contributed by atoms with E-state index in [2.05, 4.69) is 30.9 Å². The van der Waals surface area contributed by atoms with Gasteiger partial charge in [-0.15, -0.1) is 0 Å². The average molecular weight is 233 g/mol. The molecule has 1 aromatic rings. The molecule has 2 atom stereocenters. The van der Waals surface area contributed by atoms with Crippen LogP contribution < -0.4 is 4.90 Å². The van der Waals surface area contributed by atoms with E-state index in [9.17, 15) is 5.11 Å². The second kappa shape index (κ2) is 5.09. The van der Waals surface area contributed by atoms with E-state index in [-0.39, 0.29) is 6.10 Å². The Morgan fingerprint density at radius 2 is 1.82 bits per heavy atom. The number of rotatable bonds is 3. The zero-order chi connectivity index (χ0) is 12.4. The molecular formula is C15H23NO. The first-order valence-corrected chi connectivity index (χ1v) is 6.61. The van der Waals surface area contributed by atoms with Crippen LogP contribution >= 0.6 is 0 Å². The number of nitrogens with zero attached hydrogens (tertiary/aromatic N) is 1. The average Bonchev–Trinajstić information content (AvgIpc) is 2.78. The van der Waals surface area contributed by atoms with Crippen molar-refractivity contribution >= 4 is 5.69 Å². The van der Waals surface area contributed by atoms with Gasteiger partial charge in [0.1, 0.15) is 0 Å². The maximum Gasteiger partial charge on any atom is 0.0761 e. The van der Waals surface area contributed by atoms with Crippen molar-refractivity contribution in [3.05, 3.63) is 29.8 Å². The SMILES string of the molecule is CC(C)C1CCN(c2ccc([C@H](C)O)cc2)C1. The van der Waals surface area contributed by atoms with Crippen molar-refractivity contribution in [3.63, 3.8) is 0 Å². The zero-order valence-corrected chi connectivity index (χ0v) is 11.1. The summed E-state index contributed by atoms with van der Waals surface area (Å²) in [6, 6.07) is 8.32. The maximum absolute atomic E-state index is 9.48. The Morgan fingerprint density at radius 1 is 1.18 bits per heavy atom. The lowest BCUT2D eigenvalue weighted by Gasteiger charge is -2.20. The van der Waals surface area contributed by atoms with E-state index in [1.807, 2.05) is 12.1 Å². The van der Waals surface area contributed by atoms with Gasteiger partial charge in [0.15, 0.2) is 0 Å². The van der Waals surface area contributed by atoms with Gasteiger partial charge in [0.05, 0.1) is 6.10 Å². The molecule has 0 spiro atoms. The highest BCUT2D eigenvalue weighted by Gasteiger charge is 2.24. The van der Waals surface area contributed by atoms with E-state index in [0.29, 0.717) is 0 Å². The molecule has 1 N–H and O–H groups in total. The van der Waals surface area contributed by atoms with Crippen LogP contribution in [-0.4, -0.2) is 18.2 Å². The van der Waals surface area contributed by atoms with Crippen LogP contribution in [0.3, 0.4) is 0 Å². The largest absolute Gasteiger partial charge is 0.389 e. The van der Waals surface area contributed by atoms with Gasteiger partial charge >= 0.3 is 0 Å². The second-order valence-corrected chi connectivity index (χ2v) is 5.51. The van der Waals surface area contributed by atoms with Gasteiger partial charge in [-0.25, -0.2) is 0 Å². The van der Waals surface area contributed by atoms with E-state index in [0.717, 1.165) is 23.9 Å². The molecule has 2 heteroatoms. The number of hydrogen-bond acceptors (Lipinski definition) is 2. The van der Waals surface area contributed by atoms with Gasteiger partial charge in [0.25, 0.3) is 0 Å². The molecule has 1 saturated heterocycles. The Bertz CT molecular complexity index is 356. The summed E-state index contributed by atoms with van der Waals surface area (Å²) in [5, 5.41) is 9.48. The van der Waals surface area contributed by atoms with Gasteiger partial charge in [-0.05, 0) is 42.9 Å². The van der Waals surface area contributed by atoms with Gasteiger partial charge in [0.2, 0.25) is 0 Å². The fourth-order valence-corrected chi connectivity index (χ4v) is 2.53. The topological polar surface area (TPSA) is 23.5 Å². The summed E-state index contributed by atoms with van der Waals surface area (Å²) in [4.78, 5) is 2.45. The molecule has 2 nitrogen and oxygen atoms in total. The summed E-state index contributed by atoms with van der Waals surface area (Å²) in [6.07, 6.45) is 0.932. The van der Waals surface area contributed by atoms with E-state index in [4.69, 9.17) is 0 Å². The molecule has 0 aliphatic carbocycles. The van der Waals surface area contributed by atoms with Gasteiger partial charge in [0, 0.05) is 18.8 Å². The molecule has 1 unspecified atom stereocenters. The summed E-state index contributed by atoms with van der Waals surface area (Å²) in [5.41, 5.74) is 2.28. The summed E-state index contributed by atoms with van der Waals surface area (Å²) in [5.74, 6) is 1.60. The van der Waals surface area contributed by atoms with Crippen LogP contribution in [0.25, 0.3) is 0 Å². The number of benzene rings is 1. The van der Waals surface area contributed by atoms with Crippen LogP contribution in [0.4, 0.5) is 5.69 Å². The van der Waals surface area contributed by atoms with Crippen molar-refractivity contribution < 1.29 is 5.11 Å². The van der Waals surface area contributed by atoms with Crippen molar-refractivity contribution in [2.45, 2.75) is 33.3 Å². The van der Waals surface area contributed by atoms with Gasteiger partial charge in [-0.3, -0.25) is 0 Å². The minimum absolute atomic E-state index is 0.369. The number of anilines is 1. The van der Waals surface area contributed by atoms with Crippen molar-refractivity contribution in [2.75, 3.05) is 18.0 Å². The van der Waals surface area contributed by atoms with Crippen LogP contribution in [0.2, 0.25) is 0 Å². The monoisotopic (exact) mass is 233 g/mol. The molecule has 1 heterocycles. The summed E-state index contributed by atoms with van der Waals surface area (Å²) < 4.78 is 0. The lowest BCUT2D eigenvalue weighted by atomic mass is 9.95. The van der Waals surface area contributed by atoms with Crippen LogP contribution in [-0.2, 0) is 0 Å². The number of aliphatic hydroxyl groups is 1. The maximum atomic E-state index is 9.48. The highest BCUT2D eigenvalue weighted by atomic mass is 16.3. The zero-order valence-electron chi connectivity index (χ0n) is 11.1. The summed E-state index contributed by atoms with van der Waals surface area (Å²) in [7, 11) is 0. The van der Waals surface area contributed by atoms with Crippen molar-refractivity contribution in [3.8, 4) is 0 Å². The Morgan fingerprint density at radius 3 is 2.29 bits per heavy atom. The minimum Gasteiger partial charge on any atom is -0.389 e. The van der Waals surface area contributed by atoms with Crippen molar-refractivity contribution in [1.29, 1.82) is 0 Å². The van der Waals surface area contributed by atoms with Gasteiger partial charge in [-0.1, -0.05) is 26.0 Å². The lowest BCUT2D eigenvalue weighted by molar-refractivity contribution is 0.199. The second-order valence-electron chi connectivity index (χ2n) is 5.51. The fraction of sp³-hybridized carbons (Fsp3) is 0.600. The quantitative estimate of drug-likeness (QED) is 0.866. The third-order valence-corrected chi connectivity index (χ3v) is 3.91. The molecule has 17 heavy (non-hydrogen) atoms. The van der Waals surface area contributed by atoms with E-state index < -0.39 is 0 Å². The minimum atomic E-state index is -0.369. The van der Waals surface area contributed by atoms with Crippen molar-refractivity contribution in [1.82, 2.24) is 0 Å². The Labute approximate surface area is 104 Å². The molecule has 1 fully saturated rings. The Kier molecular flexibility index (Phi) is 3.72. The first-order valence-electron chi connectivity index (χ1n) is 6.61. The highest BCUT2D eigenvalue weighted by molar-refractivity contribution is 5.48. The normalized spacial score (nSPS) is 22.2. The molecule has 0 bridgehead atoms. The first kappa shape index (κ1) is 12.4. The van der Waals surface area contributed by atoms with E-state index in [1.54, 1.807) is 6.92 Å². The van der Waals surface area contributed by atoms with Crippen LogP contribution in [0, 0.1) is 11.8 Å². The highest BCUT2D eigenvalue weighted by Crippen LogP contribution is 2.28. The standard InChI is InChI=1S/C15H23NO/c1-11(2)14-8-9-16(10-14)15-6-4-13(5-7-15)12(3)17/h4-7,11-12,14,17H,8-10H2,1-3H3/t12-,14?/m0/s1. The van der Waals surface area contributed by atoms with Crippen LogP contribution in [0.5, 0.6) is 0 Å². The molecule has 94 valence electrons. The van der Waals surface area contributed by atoms with E-state index in [1.165, 1.54) is 18.7 Å².